The predicted octanol–water partition coefficient (Wildman–Crippen LogP) is 14.4. The van der Waals surface area contributed by atoms with Crippen molar-refractivity contribution in [3.63, 3.8) is 0 Å². The standard InChI is InChI=1S/C52H45N/c1-36-20-30-48-49-31-29-47(35-51(49)52(2,3)50(48)32-36)53(45-25-21-39(22-26-45)43-18-10-16-41(33-43)37-12-6-4-7-13-37)46-27-23-40(24-28-46)44-19-11-17-42(34-44)38-14-8-5-9-15-38/h4-10,12-16,18-31,33-36H,11,17,32H2,1-3H3. The van der Waals surface area contributed by atoms with E-state index >= 15 is 0 Å². The van der Waals surface area contributed by atoms with Crippen LogP contribution < -0.4 is 4.90 Å². The lowest BCUT2D eigenvalue weighted by atomic mass is 9.76. The monoisotopic (exact) mass is 683 g/mol. The maximum atomic E-state index is 2.45. The molecule has 3 aliphatic rings. The average Bonchev–Trinajstić information content (AvgIpc) is 3.44. The van der Waals surface area contributed by atoms with E-state index in [4.69, 9.17) is 0 Å². The van der Waals surface area contributed by atoms with Crippen molar-refractivity contribution in [2.24, 2.45) is 5.92 Å². The minimum Gasteiger partial charge on any atom is -0.310 e. The first-order valence-electron chi connectivity index (χ1n) is 19.1. The Morgan fingerprint density at radius 2 is 1.15 bits per heavy atom. The summed E-state index contributed by atoms with van der Waals surface area (Å²) < 4.78 is 0. The third-order valence-corrected chi connectivity index (χ3v) is 11.6. The molecular formula is C52H45N. The van der Waals surface area contributed by atoms with Gasteiger partial charge in [-0.1, -0.05) is 160 Å². The zero-order valence-electron chi connectivity index (χ0n) is 30.9. The molecule has 0 N–H and O–H groups in total. The number of benzene rings is 6. The van der Waals surface area contributed by atoms with Gasteiger partial charge in [0, 0.05) is 22.5 Å². The zero-order valence-corrected chi connectivity index (χ0v) is 30.9. The second kappa shape index (κ2) is 13.6. The summed E-state index contributed by atoms with van der Waals surface area (Å²) in [4.78, 5) is 2.43. The molecule has 53 heavy (non-hydrogen) atoms. The van der Waals surface area contributed by atoms with Crippen molar-refractivity contribution in [2.75, 3.05) is 4.90 Å². The van der Waals surface area contributed by atoms with Gasteiger partial charge in [-0.2, -0.15) is 0 Å². The largest absolute Gasteiger partial charge is 0.310 e. The van der Waals surface area contributed by atoms with E-state index in [0.717, 1.165) is 30.6 Å². The van der Waals surface area contributed by atoms with Crippen LogP contribution in [0.3, 0.4) is 0 Å². The molecule has 6 aromatic rings. The van der Waals surface area contributed by atoms with Crippen LogP contribution in [0.15, 0.2) is 182 Å². The molecule has 1 unspecified atom stereocenters. The number of fused-ring (bicyclic) bond motifs is 2. The van der Waals surface area contributed by atoms with E-state index in [2.05, 4.69) is 202 Å². The summed E-state index contributed by atoms with van der Waals surface area (Å²) in [7, 11) is 0. The number of rotatable bonds is 7. The number of anilines is 3. The van der Waals surface area contributed by atoms with E-state index in [1.165, 1.54) is 66.9 Å². The number of hydrogen-bond acceptors (Lipinski definition) is 1. The molecule has 0 radical (unpaired) electrons. The number of hydrogen-bond donors (Lipinski definition) is 0. The first kappa shape index (κ1) is 33.0. The third kappa shape index (κ3) is 6.21. The maximum absolute atomic E-state index is 2.45. The van der Waals surface area contributed by atoms with Crippen molar-refractivity contribution in [3.05, 3.63) is 204 Å². The van der Waals surface area contributed by atoms with Crippen LogP contribution in [0, 0.1) is 5.92 Å². The Hall–Kier alpha value is -5.92. The van der Waals surface area contributed by atoms with E-state index in [9.17, 15) is 0 Å². The summed E-state index contributed by atoms with van der Waals surface area (Å²) in [6.07, 6.45) is 12.8. The lowest BCUT2D eigenvalue weighted by Crippen LogP contribution is -2.20. The molecule has 0 saturated heterocycles. The summed E-state index contributed by atoms with van der Waals surface area (Å²) >= 11 is 0. The van der Waals surface area contributed by atoms with Gasteiger partial charge in [-0.15, -0.1) is 0 Å². The van der Waals surface area contributed by atoms with Gasteiger partial charge < -0.3 is 4.90 Å². The predicted molar refractivity (Wildman–Crippen MR) is 226 cm³/mol. The van der Waals surface area contributed by atoms with Crippen LogP contribution in [0.4, 0.5) is 17.1 Å². The normalized spacial score (nSPS) is 17.2. The Bertz CT molecular complexity index is 2420. The van der Waals surface area contributed by atoms with Gasteiger partial charge in [0.05, 0.1) is 0 Å². The lowest BCUT2D eigenvalue weighted by Gasteiger charge is -2.30. The van der Waals surface area contributed by atoms with Gasteiger partial charge >= 0.3 is 0 Å². The van der Waals surface area contributed by atoms with Crippen molar-refractivity contribution >= 4 is 33.8 Å². The third-order valence-electron chi connectivity index (χ3n) is 11.6. The van der Waals surface area contributed by atoms with Crippen molar-refractivity contribution in [2.45, 2.75) is 45.4 Å². The highest BCUT2D eigenvalue weighted by Gasteiger charge is 2.38. The fraction of sp³-hybridized carbons (Fsp3) is 0.154. The molecule has 1 atom stereocenters. The van der Waals surface area contributed by atoms with E-state index in [1.807, 2.05) is 0 Å². The van der Waals surface area contributed by atoms with Crippen LogP contribution in [0.25, 0.3) is 39.0 Å². The van der Waals surface area contributed by atoms with Crippen molar-refractivity contribution in [1.29, 1.82) is 0 Å². The topological polar surface area (TPSA) is 3.24 Å². The van der Waals surface area contributed by atoms with Crippen LogP contribution in [0.1, 0.15) is 62.3 Å². The Kier molecular flexibility index (Phi) is 8.43. The van der Waals surface area contributed by atoms with E-state index in [1.54, 1.807) is 5.57 Å². The van der Waals surface area contributed by atoms with E-state index < -0.39 is 0 Å². The molecule has 3 aliphatic carbocycles. The van der Waals surface area contributed by atoms with Crippen LogP contribution in [-0.2, 0) is 5.41 Å². The van der Waals surface area contributed by atoms with Crippen LogP contribution >= 0.6 is 0 Å². The van der Waals surface area contributed by atoms with Crippen molar-refractivity contribution in [3.8, 4) is 22.3 Å². The van der Waals surface area contributed by atoms with E-state index in [-0.39, 0.29) is 5.41 Å². The van der Waals surface area contributed by atoms with Gasteiger partial charge in [0.25, 0.3) is 0 Å². The minimum atomic E-state index is -0.0148. The summed E-state index contributed by atoms with van der Waals surface area (Å²) in [5, 5.41) is 0. The second-order valence-electron chi connectivity index (χ2n) is 15.4. The molecule has 0 aliphatic heterocycles. The Balaban J connectivity index is 1.09. The van der Waals surface area contributed by atoms with Crippen LogP contribution in [0.5, 0.6) is 0 Å². The smallest absolute Gasteiger partial charge is 0.0465 e. The molecular weight excluding hydrogens is 639 g/mol. The van der Waals surface area contributed by atoms with Crippen molar-refractivity contribution < 1.29 is 0 Å². The molecule has 0 spiro atoms. The highest BCUT2D eigenvalue weighted by molar-refractivity contribution is 5.90. The summed E-state index contributed by atoms with van der Waals surface area (Å²) in [6, 6.07) is 55.7. The Morgan fingerprint density at radius 3 is 1.83 bits per heavy atom. The molecule has 6 aromatic carbocycles. The highest BCUT2D eigenvalue weighted by Crippen LogP contribution is 2.52. The number of allylic oxidation sites excluding steroid dienone is 8. The average molecular weight is 684 g/mol. The first-order chi connectivity index (χ1) is 25.9. The molecule has 0 heterocycles. The summed E-state index contributed by atoms with van der Waals surface area (Å²) in [5.74, 6) is 0.571. The van der Waals surface area contributed by atoms with Crippen molar-refractivity contribution in [1.82, 2.24) is 0 Å². The Morgan fingerprint density at radius 1 is 0.566 bits per heavy atom. The summed E-state index contributed by atoms with van der Waals surface area (Å²) in [6.45, 7) is 7.16. The molecule has 0 amide bonds. The summed E-state index contributed by atoms with van der Waals surface area (Å²) in [5.41, 5.74) is 19.4. The molecule has 0 saturated carbocycles. The van der Waals surface area contributed by atoms with Gasteiger partial charge in [-0.3, -0.25) is 0 Å². The fourth-order valence-corrected chi connectivity index (χ4v) is 8.64. The maximum Gasteiger partial charge on any atom is 0.0465 e. The SMILES string of the molecule is CC1C=CC2=C(C1)C(C)(C)c1cc(N(c3ccc(C4=CCCC(c5ccccc5)=C4)cc3)c3ccc(-c4cccc(-c5ccccc5)c4)cc3)ccc12. The fourth-order valence-electron chi connectivity index (χ4n) is 8.64. The van der Waals surface area contributed by atoms with Gasteiger partial charge in [0.1, 0.15) is 0 Å². The molecule has 9 rings (SSSR count). The van der Waals surface area contributed by atoms with Crippen LogP contribution in [-0.4, -0.2) is 0 Å². The number of nitrogens with zero attached hydrogens (tertiary/aromatic N) is 1. The molecule has 0 fully saturated rings. The van der Waals surface area contributed by atoms with Gasteiger partial charge in [-0.05, 0) is 129 Å². The Labute approximate surface area is 315 Å². The molecule has 0 bridgehead atoms. The highest BCUT2D eigenvalue weighted by atomic mass is 15.1. The molecule has 1 nitrogen and oxygen atoms in total. The van der Waals surface area contributed by atoms with Gasteiger partial charge in [0.15, 0.2) is 0 Å². The van der Waals surface area contributed by atoms with Gasteiger partial charge in [-0.25, -0.2) is 0 Å². The lowest BCUT2D eigenvalue weighted by molar-refractivity contribution is 0.566. The minimum absolute atomic E-state index is 0.0148. The molecule has 0 aromatic heterocycles. The van der Waals surface area contributed by atoms with Gasteiger partial charge in [0.2, 0.25) is 0 Å². The van der Waals surface area contributed by atoms with Crippen LogP contribution in [0.2, 0.25) is 0 Å². The second-order valence-corrected chi connectivity index (χ2v) is 15.4. The molecule has 258 valence electrons. The quantitative estimate of drug-likeness (QED) is 0.162. The zero-order chi connectivity index (χ0) is 35.9. The van der Waals surface area contributed by atoms with E-state index in [0.29, 0.717) is 5.92 Å². The first-order valence-corrected chi connectivity index (χ1v) is 19.1. The molecule has 1 heteroatoms.